The van der Waals surface area contributed by atoms with E-state index >= 15 is 0 Å². The molecule has 0 bridgehead atoms. The van der Waals surface area contributed by atoms with Crippen LogP contribution in [0.1, 0.15) is 18.9 Å². The fourth-order valence-corrected chi connectivity index (χ4v) is 2.41. The number of pyridine rings is 1. The minimum atomic E-state index is 0.626. The molecule has 0 fully saturated rings. The summed E-state index contributed by atoms with van der Waals surface area (Å²) in [5.41, 5.74) is 3.67. The molecule has 1 aromatic carbocycles. The third kappa shape index (κ3) is 2.85. The normalized spacial score (nSPS) is 13.2. The van der Waals surface area contributed by atoms with Crippen LogP contribution in [0.15, 0.2) is 36.4 Å². The number of benzene rings is 1. The predicted octanol–water partition coefficient (Wildman–Crippen LogP) is 3.58. The molecule has 104 valence electrons. The number of aromatic nitrogens is 1. The van der Waals surface area contributed by atoms with E-state index in [0.717, 1.165) is 24.5 Å². The lowest BCUT2D eigenvalue weighted by Crippen LogP contribution is -2.11. The molecule has 3 rings (SSSR count). The number of nitrogens with zero attached hydrogens (tertiary/aromatic N) is 1. The molecule has 2 aromatic rings. The highest BCUT2D eigenvalue weighted by molar-refractivity contribution is 5.64. The number of fused-ring (bicyclic) bond motifs is 1. The molecule has 0 atom stereocenters. The molecule has 0 unspecified atom stereocenters. The summed E-state index contributed by atoms with van der Waals surface area (Å²) in [5, 5.41) is 6.75. The zero-order valence-electron chi connectivity index (χ0n) is 11.6. The van der Waals surface area contributed by atoms with Crippen molar-refractivity contribution in [3.8, 4) is 5.88 Å². The molecule has 0 aliphatic carbocycles. The Bertz CT molecular complexity index is 598. The molecule has 2 heterocycles. The summed E-state index contributed by atoms with van der Waals surface area (Å²) in [6, 6.07) is 12.2. The van der Waals surface area contributed by atoms with E-state index in [2.05, 4.69) is 33.8 Å². The maximum Gasteiger partial charge on any atom is 0.215 e. The first-order chi connectivity index (χ1) is 9.85. The minimum Gasteiger partial charge on any atom is -0.478 e. The number of hydrogen-bond acceptors (Lipinski definition) is 4. The van der Waals surface area contributed by atoms with Gasteiger partial charge >= 0.3 is 0 Å². The summed E-state index contributed by atoms with van der Waals surface area (Å²) in [4.78, 5) is 4.42. The Morgan fingerprint density at radius 2 is 2.25 bits per heavy atom. The molecule has 1 aliphatic heterocycles. The highest BCUT2D eigenvalue weighted by Gasteiger charge is 2.09. The van der Waals surface area contributed by atoms with Crippen LogP contribution in [0, 0.1) is 0 Å². The molecule has 0 saturated heterocycles. The van der Waals surface area contributed by atoms with Crippen molar-refractivity contribution in [3.05, 3.63) is 42.0 Å². The van der Waals surface area contributed by atoms with Gasteiger partial charge in [-0.1, -0.05) is 6.07 Å². The molecule has 4 nitrogen and oxygen atoms in total. The molecule has 20 heavy (non-hydrogen) atoms. The number of nitrogens with one attached hydrogen (secondary N) is 2. The fraction of sp³-hybridized carbons (Fsp3) is 0.312. The van der Waals surface area contributed by atoms with Crippen molar-refractivity contribution >= 4 is 17.2 Å². The van der Waals surface area contributed by atoms with Gasteiger partial charge in [0.25, 0.3) is 0 Å². The first-order valence-electron chi connectivity index (χ1n) is 7.09. The second kappa shape index (κ2) is 5.82. The quantitative estimate of drug-likeness (QED) is 0.890. The maximum absolute atomic E-state index is 5.41. The first kappa shape index (κ1) is 12.8. The zero-order valence-corrected chi connectivity index (χ0v) is 11.6. The molecule has 2 N–H and O–H groups in total. The highest BCUT2D eigenvalue weighted by atomic mass is 16.5. The van der Waals surface area contributed by atoms with E-state index < -0.39 is 0 Å². The fourth-order valence-electron chi connectivity index (χ4n) is 2.41. The van der Waals surface area contributed by atoms with Crippen LogP contribution < -0.4 is 15.4 Å². The van der Waals surface area contributed by atoms with E-state index in [0.29, 0.717) is 12.5 Å². The van der Waals surface area contributed by atoms with Gasteiger partial charge in [0, 0.05) is 24.0 Å². The standard InChI is InChI=1S/C16H19N3O/c1-2-20-16-7-3-6-15(19-16)18-13-8-9-14-12(11-13)5-4-10-17-14/h3,6-9,11,17H,2,4-5,10H2,1H3,(H,18,19). The van der Waals surface area contributed by atoms with Crippen LogP contribution in [0.4, 0.5) is 17.2 Å². The van der Waals surface area contributed by atoms with Crippen LogP contribution >= 0.6 is 0 Å². The average molecular weight is 269 g/mol. The summed E-state index contributed by atoms with van der Waals surface area (Å²) in [6.07, 6.45) is 2.32. The van der Waals surface area contributed by atoms with Gasteiger partial charge in [0.2, 0.25) is 5.88 Å². The van der Waals surface area contributed by atoms with Crippen LogP contribution in [0.5, 0.6) is 5.88 Å². The number of anilines is 3. The molecule has 0 amide bonds. The van der Waals surface area contributed by atoms with Gasteiger partial charge in [-0.3, -0.25) is 0 Å². The average Bonchev–Trinajstić information content (AvgIpc) is 2.48. The van der Waals surface area contributed by atoms with Crippen molar-refractivity contribution in [3.63, 3.8) is 0 Å². The third-order valence-electron chi connectivity index (χ3n) is 3.33. The number of aryl methyl sites for hydroxylation is 1. The van der Waals surface area contributed by atoms with Gasteiger partial charge in [0.05, 0.1) is 6.61 Å². The lowest BCUT2D eigenvalue weighted by molar-refractivity contribution is 0.327. The number of ether oxygens (including phenoxy) is 1. The lowest BCUT2D eigenvalue weighted by Gasteiger charge is -2.19. The molecule has 0 radical (unpaired) electrons. The maximum atomic E-state index is 5.41. The molecular weight excluding hydrogens is 250 g/mol. The second-order valence-corrected chi connectivity index (χ2v) is 4.82. The van der Waals surface area contributed by atoms with Gasteiger partial charge in [-0.2, -0.15) is 4.98 Å². The zero-order chi connectivity index (χ0) is 13.8. The van der Waals surface area contributed by atoms with Crippen LogP contribution in [0.3, 0.4) is 0 Å². The second-order valence-electron chi connectivity index (χ2n) is 4.82. The van der Waals surface area contributed by atoms with Crippen LogP contribution in [0.2, 0.25) is 0 Å². The Hall–Kier alpha value is -2.23. The summed E-state index contributed by atoms with van der Waals surface area (Å²) < 4.78 is 5.41. The van der Waals surface area contributed by atoms with Crippen molar-refractivity contribution in [2.45, 2.75) is 19.8 Å². The van der Waals surface area contributed by atoms with E-state index in [-0.39, 0.29) is 0 Å². The van der Waals surface area contributed by atoms with E-state index in [1.54, 1.807) is 0 Å². The van der Waals surface area contributed by atoms with E-state index in [1.807, 2.05) is 25.1 Å². The van der Waals surface area contributed by atoms with E-state index in [1.165, 1.54) is 17.7 Å². The number of hydrogen-bond donors (Lipinski definition) is 2. The molecule has 0 saturated carbocycles. The van der Waals surface area contributed by atoms with Gasteiger partial charge < -0.3 is 15.4 Å². The molecule has 4 heteroatoms. The summed E-state index contributed by atoms with van der Waals surface area (Å²) in [6.45, 7) is 3.65. The Balaban J connectivity index is 1.78. The Morgan fingerprint density at radius 1 is 1.30 bits per heavy atom. The first-order valence-corrected chi connectivity index (χ1v) is 7.09. The highest BCUT2D eigenvalue weighted by Crippen LogP contribution is 2.26. The van der Waals surface area contributed by atoms with E-state index in [4.69, 9.17) is 4.74 Å². The van der Waals surface area contributed by atoms with Gasteiger partial charge in [0.15, 0.2) is 0 Å². The topological polar surface area (TPSA) is 46.2 Å². The Labute approximate surface area is 119 Å². The van der Waals surface area contributed by atoms with Crippen molar-refractivity contribution in [1.29, 1.82) is 0 Å². The Morgan fingerprint density at radius 3 is 3.15 bits per heavy atom. The number of rotatable bonds is 4. The molecule has 1 aliphatic rings. The molecular formula is C16H19N3O. The predicted molar refractivity (Wildman–Crippen MR) is 81.9 cm³/mol. The molecule has 0 spiro atoms. The third-order valence-corrected chi connectivity index (χ3v) is 3.33. The smallest absolute Gasteiger partial charge is 0.215 e. The monoisotopic (exact) mass is 269 g/mol. The summed E-state index contributed by atoms with van der Waals surface area (Å²) >= 11 is 0. The molecule has 1 aromatic heterocycles. The van der Waals surface area contributed by atoms with Crippen molar-refractivity contribution in [2.75, 3.05) is 23.8 Å². The summed E-state index contributed by atoms with van der Waals surface area (Å²) in [7, 11) is 0. The SMILES string of the molecule is CCOc1cccc(Nc2ccc3c(c2)CCCN3)n1. The van der Waals surface area contributed by atoms with Gasteiger partial charge in [-0.05, 0) is 49.6 Å². The van der Waals surface area contributed by atoms with Crippen LogP contribution in [-0.2, 0) is 6.42 Å². The van der Waals surface area contributed by atoms with Crippen LogP contribution in [0.25, 0.3) is 0 Å². The van der Waals surface area contributed by atoms with E-state index in [9.17, 15) is 0 Å². The van der Waals surface area contributed by atoms with Crippen molar-refractivity contribution < 1.29 is 4.74 Å². The summed E-state index contributed by atoms with van der Waals surface area (Å²) in [5.74, 6) is 1.46. The van der Waals surface area contributed by atoms with Crippen LogP contribution in [-0.4, -0.2) is 18.1 Å². The van der Waals surface area contributed by atoms with Crippen molar-refractivity contribution in [1.82, 2.24) is 4.98 Å². The minimum absolute atomic E-state index is 0.626. The Kier molecular flexibility index (Phi) is 3.72. The van der Waals surface area contributed by atoms with Gasteiger partial charge in [-0.15, -0.1) is 0 Å². The largest absolute Gasteiger partial charge is 0.478 e. The van der Waals surface area contributed by atoms with Crippen molar-refractivity contribution in [2.24, 2.45) is 0 Å². The van der Waals surface area contributed by atoms with Gasteiger partial charge in [0.1, 0.15) is 5.82 Å². The van der Waals surface area contributed by atoms with Gasteiger partial charge in [-0.25, -0.2) is 0 Å². The lowest BCUT2D eigenvalue weighted by atomic mass is 10.0.